The van der Waals surface area contributed by atoms with Crippen molar-refractivity contribution < 1.29 is 4.74 Å². The molecule has 150 valence electrons. The first-order valence-corrected chi connectivity index (χ1v) is 10.4. The summed E-state index contributed by atoms with van der Waals surface area (Å²) in [7, 11) is 1.57. The third-order valence-corrected chi connectivity index (χ3v) is 5.85. The van der Waals surface area contributed by atoms with E-state index >= 15 is 0 Å². The summed E-state index contributed by atoms with van der Waals surface area (Å²) in [5, 5.41) is 9.75. The zero-order valence-corrected chi connectivity index (χ0v) is 18.9. The second-order valence-electron chi connectivity index (χ2n) is 8.00. The fraction of sp³-hybridized carbons (Fsp3) is 0.476. The van der Waals surface area contributed by atoms with Gasteiger partial charge in [0.15, 0.2) is 10.6 Å². The lowest BCUT2D eigenvalue weighted by Crippen LogP contribution is -2.18. The molecule has 7 heteroatoms. The maximum absolute atomic E-state index is 9.21. The van der Waals surface area contributed by atoms with Crippen molar-refractivity contribution in [1.29, 1.82) is 5.26 Å². The number of nitriles is 1. The zero-order valence-electron chi connectivity index (χ0n) is 17.3. The molecule has 1 aromatic carbocycles. The van der Waals surface area contributed by atoms with Gasteiger partial charge in [0.05, 0.1) is 12.7 Å². The van der Waals surface area contributed by atoms with E-state index in [2.05, 4.69) is 50.4 Å². The molecular formula is C21H27ClN4OS. The predicted octanol–water partition coefficient (Wildman–Crippen LogP) is 5.38. The molecule has 0 saturated heterocycles. The minimum absolute atomic E-state index is 0.0122. The van der Waals surface area contributed by atoms with Gasteiger partial charge in [0, 0.05) is 22.6 Å². The number of thiazole rings is 1. The minimum atomic E-state index is 0.0122. The number of hydrogen-bond donors (Lipinski definition) is 0. The third-order valence-electron chi connectivity index (χ3n) is 4.17. The number of hydrogen-bond acceptors (Lipinski definition) is 4. The smallest absolute Gasteiger partial charge is 0.207 e. The Balaban J connectivity index is 2.65. The highest BCUT2D eigenvalue weighted by Gasteiger charge is 2.19. The number of nitrogens with zero attached hydrogens (tertiary/aromatic N) is 4. The van der Waals surface area contributed by atoms with Gasteiger partial charge < -0.3 is 9.30 Å². The Bertz CT molecular complexity index is 958. The zero-order chi connectivity index (χ0) is 20.9. The van der Waals surface area contributed by atoms with Crippen LogP contribution in [0.3, 0.4) is 0 Å². The second kappa shape index (κ2) is 9.40. The van der Waals surface area contributed by atoms with Gasteiger partial charge >= 0.3 is 0 Å². The van der Waals surface area contributed by atoms with Crippen molar-refractivity contribution in [3.8, 4) is 11.9 Å². The van der Waals surface area contributed by atoms with Crippen molar-refractivity contribution in [3.63, 3.8) is 0 Å². The number of benzene rings is 1. The second-order valence-corrected chi connectivity index (χ2v) is 9.44. The molecule has 0 aliphatic carbocycles. The van der Waals surface area contributed by atoms with Crippen molar-refractivity contribution in [2.24, 2.45) is 15.9 Å². The Morgan fingerprint density at radius 2 is 2.07 bits per heavy atom. The van der Waals surface area contributed by atoms with E-state index in [0.29, 0.717) is 28.1 Å². The highest BCUT2D eigenvalue weighted by molar-refractivity contribution is 7.09. The lowest BCUT2D eigenvalue weighted by Gasteiger charge is -2.14. The Kier molecular flexibility index (Phi) is 7.45. The molecule has 1 heterocycles. The molecule has 5 nitrogen and oxygen atoms in total. The van der Waals surface area contributed by atoms with Crippen molar-refractivity contribution in [2.45, 2.75) is 53.0 Å². The minimum Gasteiger partial charge on any atom is -0.496 e. The van der Waals surface area contributed by atoms with Gasteiger partial charge in [-0.3, -0.25) is 0 Å². The summed E-state index contributed by atoms with van der Waals surface area (Å²) in [6.07, 6.45) is 5.05. The number of amidine groups is 1. The third kappa shape index (κ3) is 5.70. The average molecular weight is 419 g/mol. The maximum atomic E-state index is 9.21. The standard InChI is InChI=1S/C21H27ClN4OS/c1-14(2)9-10-26-12-18(21(3,4)5)28-20(26)25-19(24-13-23)16-11-15(22)7-8-17(16)27-6/h7-8,11-12,14H,9-10H2,1-6H3/b24-19+,25-20-. The van der Waals surface area contributed by atoms with E-state index in [-0.39, 0.29) is 5.41 Å². The molecule has 0 unspecified atom stereocenters. The normalized spacial score (nSPS) is 13.1. The lowest BCUT2D eigenvalue weighted by atomic mass is 9.95. The van der Waals surface area contributed by atoms with Crippen LogP contribution in [0, 0.1) is 17.4 Å². The van der Waals surface area contributed by atoms with E-state index < -0.39 is 0 Å². The highest BCUT2D eigenvalue weighted by atomic mass is 35.5. The largest absolute Gasteiger partial charge is 0.496 e. The lowest BCUT2D eigenvalue weighted by molar-refractivity contribution is 0.414. The van der Waals surface area contributed by atoms with Gasteiger partial charge in [-0.15, -0.1) is 11.3 Å². The molecule has 0 radical (unpaired) electrons. The molecule has 0 aliphatic rings. The molecular weight excluding hydrogens is 392 g/mol. The van der Waals surface area contributed by atoms with Crippen LogP contribution in [0.1, 0.15) is 51.5 Å². The molecule has 28 heavy (non-hydrogen) atoms. The van der Waals surface area contributed by atoms with Gasteiger partial charge in [0.25, 0.3) is 0 Å². The quantitative estimate of drug-likeness (QED) is 0.371. The molecule has 0 bridgehead atoms. The van der Waals surface area contributed by atoms with E-state index in [1.165, 1.54) is 4.88 Å². The molecule has 2 rings (SSSR count). The fourth-order valence-corrected chi connectivity index (χ4v) is 3.76. The molecule has 0 aliphatic heterocycles. The Labute approximate surface area is 176 Å². The van der Waals surface area contributed by atoms with Crippen molar-refractivity contribution in [3.05, 3.63) is 44.7 Å². The fourth-order valence-electron chi connectivity index (χ4n) is 2.51. The van der Waals surface area contributed by atoms with Crippen LogP contribution in [0.25, 0.3) is 0 Å². The average Bonchev–Trinajstić information content (AvgIpc) is 3.03. The SMILES string of the molecule is COc1ccc(Cl)cc1C(/N=c1\sc(C(C)(C)C)cn1CCC(C)C)=N\C#N. The number of halogens is 1. The summed E-state index contributed by atoms with van der Waals surface area (Å²) < 4.78 is 7.57. The summed E-state index contributed by atoms with van der Waals surface area (Å²) in [6, 6.07) is 5.21. The predicted molar refractivity (Wildman–Crippen MR) is 116 cm³/mol. The molecule has 0 spiro atoms. The van der Waals surface area contributed by atoms with Crippen LogP contribution in [-0.4, -0.2) is 17.5 Å². The van der Waals surface area contributed by atoms with Crippen LogP contribution >= 0.6 is 22.9 Å². The van der Waals surface area contributed by atoms with Gasteiger partial charge in [-0.2, -0.15) is 15.2 Å². The molecule has 0 amide bonds. The monoisotopic (exact) mass is 418 g/mol. The summed E-state index contributed by atoms with van der Waals surface area (Å²) in [6.45, 7) is 11.8. The number of rotatable bonds is 5. The molecule has 0 fully saturated rings. The maximum Gasteiger partial charge on any atom is 0.207 e. The van der Waals surface area contributed by atoms with Gasteiger partial charge in [-0.1, -0.05) is 46.2 Å². The van der Waals surface area contributed by atoms with Crippen LogP contribution in [0.5, 0.6) is 5.75 Å². The number of methoxy groups -OCH3 is 1. The van der Waals surface area contributed by atoms with E-state index in [0.717, 1.165) is 17.8 Å². The van der Waals surface area contributed by atoms with Crippen LogP contribution < -0.4 is 9.54 Å². The summed E-state index contributed by atoms with van der Waals surface area (Å²) in [5.74, 6) is 1.45. The summed E-state index contributed by atoms with van der Waals surface area (Å²) >= 11 is 7.78. The van der Waals surface area contributed by atoms with E-state index in [4.69, 9.17) is 21.3 Å². The van der Waals surface area contributed by atoms with Gasteiger partial charge in [-0.05, 0) is 36.0 Å². The van der Waals surface area contributed by atoms with Crippen LogP contribution in [-0.2, 0) is 12.0 Å². The van der Waals surface area contributed by atoms with E-state index in [1.54, 1.807) is 36.6 Å². The van der Waals surface area contributed by atoms with Crippen molar-refractivity contribution in [1.82, 2.24) is 4.57 Å². The van der Waals surface area contributed by atoms with E-state index in [1.807, 2.05) is 6.19 Å². The number of aliphatic imine (C=N–C) groups is 1. The molecule has 0 atom stereocenters. The van der Waals surface area contributed by atoms with Crippen LogP contribution in [0.15, 0.2) is 34.4 Å². The molecule has 2 aromatic rings. The summed E-state index contributed by atoms with van der Waals surface area (Å²) in [4.78, 5) is 10.7. The Hall–Kier alpha value is -2.10. The van der Waals surface area contributed by atoms with Crippen LogP contribution in [0.4, 0.5) is 0 Å². The summed E-state index contributed by atoms with van der Waals surface area (Å²) in [5.41, 5.74) is 0.607. The Morgan fingerprint density at radius 1 is 1.36 bits per heavy atom. The highest BCUT2D eigenvalue weighted by Crippen LogP contribution is 2.26. The first-order chi connectivity index (χ1) is 13.2. The van der Waals surface area contributed by atoms with E-state index in [9.17, 15) is 5.26 Å². The number of aromatic nitrogens is 1. The van der Waals surface area contributed by atoms with Crippen molar-refractivity contribution >= 4 is 28.8 Å². The topological polar surface area (TPSA) is 62.7 Å². The Morgan fingerprint density at radius 3 is 2.64 bits per heavy atom. The number of ether oxygens (including phenoxy) is 1. The van der Waals surface area contributed by atoms with Gasteiger partial charge in [0.1, 0.15) is 5.75 Å². The first kappa shape index (κ1) is 22.2. The molecule has 0 saturated carbocycles. The van der Waals surface area contributed by atoms with Crippen molar-refractivity contribution in [2.75, 3.05) is 7.11 Å². The molecule has 0 N–H and O–H groups in total. The van der Waals surface area contributed by atoms with Crippen LogP contribution in [0.2, 0.25) is 5.02 Å². The van der Waals surface area contributed by atoms with Gasteiger partial charge in [0.2, 0.25) is 6.19 Å². The van der Waals surface area contributed by atoms with Gasteiger partial charge in [-0.25, -0.2) is 0 Å². The first-order valence-electron chi connectivity index (χ1n) is 9.22. The molecule has 1 aromatic heterocycles. The number of aryl methyl sites for hydroxylation is 1.